The number of carbonyl (C=O) groups excluding carboxylic acids is 3. The normalized spacial score (nSPS) is 3.00. The Kier molecular flexibility index (Phi) is 631. The van der Waals surface area contributed by atoms with Crippen molar-refractivity contribution in [3.63, 3.8) is 0 Å². The van der Waals surface area contributed by atoms with Gasteiger partial charge in [-0.3, -0.25) is 19.4 Å². The van der Waals surface area contributed by atoms with Crippen LogP contribution in [-0.2, 0) is 34.8 Å². The van der Waals surface area contributed by atoms with Crippen LogP contribution in [0.15, 0.2) is 0 Å². The topological polar surface area (TPSA) is 82.7 Å². The molecule has 0 bridgehead atoms. The van der Waals surface area contributed by atoms with Gasteiger partial charge in [0, 0.05) is 20.4 Å². The van der Waals surface area contributed by atoms with E-state index in [1.165, 1.54) is 26.4 Å². The molecule has 0 unspecified atom stereocenters. The first kappa shape index (κ1) is 33.4. The van der Waals surface area contributed by atoms with Gasteiger partial charge >= 0.3 is 0 Å². The van der Waals surface area contributed by atoms with Crippen LogP contribution in [0.2, 0.25) is 0 Å². The van der Waals surface area contributed by atoms with E-state index >= 15 is 0 Å². The molecule has 0 aromatic rings. The number of hydrogen-bond acceptors (Lipinski definition) is 3. The Morgan fingerprint density at radius 2 is 1.00 bits per heavy atom. The predicted octanol–water partition coefficient (Wildman–Crippen LogP) is -0.869. The second-order valence-corrected chi connectivity index (χ2v) is 0.408. The van der Waals surface area contributed by atoms with Crippen molar-refractivity contribution >= 4 is 19.4 Å². The van der Waals surface area contributed by atoms with Crippen molar-refractivity contribution in [3.05, 3.63) is 0 Å². The fraction of sp³-hybridized carbons (Fsp3) is 0.400. The summed E-state index contributed by atoms with van der Waals surface area (Å²) in [5.74, 6) is 0. The zero-order valence-corrected chi connectivity index (χ0v) is 7.17. The fourth-order valence-corrected chi connectivity index (χ4v) is 0. The summed E-state index contributed by atoms with van der Waals surface area (Å²) in [6, 6.07) is 0. The van der Waals surface area contributed by atoms with E-state index in [4.69, 9.17) is 14.4 Å². The molecule has 0 radical (unpaired) electrons. The Labute approximate surface area is 74.0 Å². The van der Waals surface area contributed by atoms with E-state index in [1.54, 1.807) is 0 Å². The summed E-state index contributed by atoms with van der Waals surface area (Å²) in [6.07, 6.45) is 3.00. The van der Waals surface area contributed by atoms with Crippen LogP contribution in [0.25, 0.3) is 0 Å². The van der Waals surface area contributed by atoms with E-state index in [0.29, 0.717) is 0 Å². The SMILES string of the molecule is C[C-]=O.C[C-]=O.O.[CH-]=O.[Pd]. The molecular weight excluding hydrogens is 230 g/mol. The molecule has 0 saturated heterocycles. The Morgan fingerprint density at radius 3 is 1.00 bits per heavy atom. The third kappa shape index (κ3) is 2480. The van der Waals surface area contributed by atoms with Gasteiger partial charge < -0.3 is 19.9 Å². The minimum absolute atomic E-state index is 0. The summed E-state index contributed by atoms with van der Waals surface area (Å²) in [5, 5.41) is 0. The molecule has 0 aliphatic heterocycles. The molecule has 0 amide bonds. The van der Waals surface area contributed by atoms with Crippen LogP contribution in [0.4, 0.5) is 0 Å². The van der Waals surface area contributed by atoms with Gasteiger partial charge in [-0.05, 0) is 0 Å². The molecule has 4 nitrogen and oxygen atoms in total. The summed E-state index contributed by atoms with van der Waals surface area (Å²) in [7, 11) is 0. The summed E-state index contributed by atoms with van der Waals surface area (Å²) in [5.41, 5.74) is 0. The molecule has 0 aliphatic rings. The average Bonchev–Trinajstić information content (AvgIpc) is 1.75. The van der Waals surface area contributed by atoms with Crippen LogP contribution in [0.1, 0.15) is 13.8 Å². The molecule has 66 valence electrons. The van der Waals surface area contributed by atoms with Gasteiger partial charge in [-0.15, -0.1) is 0 Å². The smallest absolute Gasteiger partial charge is 0 e. The van der Waals surface area contributed by atoms with Crippen LogP contribution < -0.4 is 0 Å². The molecule has 2 N–H and O–H groups in total. The van der Waals surface area contributed by atoms with Gasteiger partial charge in [0.1, 0.15) is 0 Å². The Morgan fingerprint density at radius 1 is 1.00 bits per heavy atom. The standard InChI is InChI=1S/2C2H3O.CHO.H2O.Pd/c2*1-2-3;1-2;;/h2*1H3;1H;1H2;/q3*-1;;. The number of rotatable bonds is 0. The first-order valence-corrected chi connectivity index (χ1v) is 1.64. The minimum atomic E-state index is 0. The maximum absolute atomic E-state index is 8.68. The first-order valence-electron chi connectivity index (χ1n) is 1.64. The van der Waals surface area contributed by atoms with Crippen molar-refractivity contribution in [2.45, 2.75) is 13.8 Å². The van der Waals surface area contributed by atoms with Crippen molar-refractivity contribution in [2.24, 2.45) is 0 Å². The van der Waals surface area contributed by atoms with Crippen LogP contribution in [0.3, 0.4) is 0 Å². The van der Waals surface area contributed by atoms with Gasteiger partial charge in [0.15, 0.2) is 0 Å². The third-order valence-corrected chi connectivity index (χ3v) is 0. The van der Waals surface area contributed by atoms with Crippen molar-refractivity contribution in [1.29, 1.82) is 0 Å². The largest absolute Gasteiger partial charge is 0.545 e. The van der Waals surface area contributed by atoms with E-state index in [0.717, 1.165) is 0 Å². The van der Waals surface area contributed by atoms with E-state index in [1.807, 2.05) is 0 Å². The van der Waals surface area contributed by atoms with Gasteiger partial charge in [0.2, 0.25) is 0 Å². The summed E-state index contributed by atoms with van der Waals surface area (Å²) >= 11 is 0. The molecule has 0 heterocycles. The summed E-state index contributed by atoms with van der Waals surface area (Å²) in [6.45, 7) is 5.89. The van der Waals surface area contributed by atoms with Gasteiger partial charge in [-0.25, -0.2) is 0 Å². The van der Waals surface area contributed by atoms with Crippen LogP contribution in [-0.4, -0.2) is 24.8 Å². The average molecular weight is 240 g/mol. The maximum Gasteiger partial charge on any atom is 0 e. The number of hydrogen-bond donors (Lipinski definition) is 0. The van der Waals surface area contributed by atoms with Crippen LogP contribution >= 0.6 is 0 Å². The molecule has 0 atom stereocenters. The van der Waals surface area contributed by atoms with Crippen LogP contribution in [0.5, 0.6) is 0 Å². The van der Waals surface area contributed by atoms with Gasteiger partial charge in [0.05, 0.1) is 0 Å². The third-order valence-electron chi connectivity index (χ3n) is 0. The van der Waals surface area contributed by atoms with E-state index in [2.05, 4.69) is 6.79 Å². The van der Waals surface area contributed by atoms with Crippen molar-refractivity contribution in [1.82, 2.24) is 0 Å². The molecule has 10 heavy (non-hydrogen) atoms. The van der Waals surface area contributed by atoms with E-state index in [9.17, 15) is 0 Å². The molecular formula is C5H9O4Pd-3. The molecule has 0 rings (SSSR count). The predicted molar refractivity (Wildman–Crippen MR) is 33.1 cm³/mol. The van der Waals surface area contributed by atoms with Crippen molar-refractivity contribution in [2.75, 3.05) is 0 Å². The summed E-state index contributed by atoms with van der Waals surface area (Å²) < 4.78 is 0. The van der Waals surface area contributed by atoms with Gasteiger partial charge in [0.25, 0.3) is 0 Å². The Balaban J connectivity index is -0.0000000116. The summed E-state index contributed by atoms with van der Waals surface area (Å²) in [4.78, 5) is 25.1. The Hall–Kier alpha value is -0.368. The second kappa shape index (κ2) is 189. The molecule has 0 aromatic carbocycles. The van der Waals surface area contributed by atoms with Gasteiger partial charge in [-0.2, -0.15) is 13.8 Å². The zero-order chi connectivity index (χ0) is 7.41. The molecule has 0 spiro atoms. The zero-order valence-electron chi connectivity index (χ0n) is 5.62. The first-order chi connectivity index (χ1) is 3.83. The quantitative estimate of drug-likeness (QED) is 0.313. The Bertz CT molecular complexity index is 42.9. The second-order valence-electron chi connectivity index (χ2n) is 0.408. The molecule has 0 fully saturated rings. The van der Waals surface area contributed by atoms with E-state index in [-0.39, 0.29) is 25.9 Å². The minimum Gasteiger partial charge on any atom is -0.545 e. The molecule has 0 saturated carbocycles. The molecule has 0 aliphatic carbocycles. The monoisotopic (exact) mass is 239 g/mol. The van der Waals surface area contributed by atoms with Gasteiger partial charge in [-0.1, -0.05) is 0 Å². The van der Waals surface area contributed by atoms with Crippen molar-refractivity contribution in [3.8, 4) is 0 Å². The van der Waals surface area contributed by atoms with Crippen molar-refractivity contribution < 1.29 is 40.3 Å². The molecule has 0 aromatic heterocycles. The van der Waals surface area contributed by atoms with E-state index < -0.39 is 0 Å². The molecule has 5 heteroatoms. The maximum atomic E-state index is 8.68. The van der Waals surface area contributed by atoms with Crippen LogP contribution in [0, 0.1) is 0 Å². The fourth-order valence-electron chi connectivity index (χ4n) is 0.